The predicted octanol–water partition coefficient (Wildman–Crippen LogP) is 3.83. The molecule has 1 aromatic rings. The summed E-state index contributed by atoms with van der Waals surface area (Å²) in [6.07, 6.45) is 2.63. The minimum absolute atomic E-state index is 0.850. The van der Waals surface area contributed by atoms with Crippen molar-refractivity contribution in [1.29, 1.82) is 0 Å². The minimum atomic E-state index is 0.850. The zero-order chi connectivity index (χ0) is 9.68. The Hall–Kier alpha value is -0.350. The molecule has 0 amide bonds. The smallest absolute Gasteiger partial charge is 0.0100 e. The third kappa shape index (κ3) is 4.43. The molecule has 0 radical (unpaired) electrons. The molecule has 0 heterocycles. The summed E-state index contributed by atoms with van der Waals surface area (Å²) in [4.78, 5) is 0. The molecule has 0 saturated carbocycles. The standard InChI is InChI=1S/C12H19P/c1-10(2)8-13-9-12-6-4-5-11(3)7-12/h4-7,10,13H,8-9H2,1-3H3. The average molecular weight is 194 g/mol. The van der Waals surface area contributed by atoms with Gasteiger partial charge in [-0.15, -0.1) is 8.58 Å². The van der Waals surface area contributed by atoms with Crippen LogP contribution < -0.4 is 0 Å². The van der Waals surface area contributed by atoms with Crippen molar-refractivity contribution in [3.05, 3.63) is 35.4 Å². The minimum Gasteiger partial charge on any atom is -0.117 e. The van der Waals surface area contributed by atoms with Crippen LogP contribution in [0.25, 0.3) is 0 Å². The molecular weight excluding hydrogens is 175 g/mol. The van der Waals surface area contributed by atoms with Crippen molar-refractivity contribution in [2.24, 2.45) is 5.92 Å². The van der Waals surface area contributed by atoms with Crippen LogP contribution in [-0.2, 0) is 6.16 Å². The zero-order valence-electron chi connectivity index (χ0n) is 8.80. The van der Waals surface area contributed by atoms with Crippen LogP contribution in [0.3, 0.4) is 0 Å². The summed E-state index contributed by atoms with van der Waals surface area (Å²) in [5.41, 5.74) is 2.88. The van der Waals surface area contributed by atoms with Crippen molar-refractivity contribution in [3.63, 3.8) is 0 Å². The van der Waals surface area contributed by atoms with Gasteiger partial charge in [0.25, 0.3) is 0 Å². The topological polar surface area (TPSA) is 0 Å². The second kappa shape index (κ2) is 5.40. The summed E-state index contributed by atoms with van der Waals surface area (Å²) in [7, 11) is 1.09. The van der Waals surface area contributed by atoms with Crippen molar-refractivity contribution < 1.29 is 0 Å². The second-order valence-corrected chi connectivity index (χ2v) is 5.28. The van der Waals surface area contributed by atoms with Gasteiger partial charge in [-0.1, -0.05) is 43.7 Å². The van der Waals surface area contributed by atoms with E-state index in [4.69, 9.17) is 0 Å². The molecule has 0 nitrogen and oxygen atoms in total. The van der Waals surface area contributed by atoms with E-state index in [1.165, 1.54) is 23.5 Å². The number of hydrogen-bond acceptors (Lipinski definition) is 0. The first kappa shape index (κ1) is 10.7. The van der Waals surface area contributed by atoms with Crippen LogP contribution >= 0.6 is 8.58 Å². The van der Waals surface area contributed by atoms with Gasteiger partial charge in [0.15, 0.2) is 0 Å². The highest BCUT2D eigenvalue weighted by molar-refractivity contribution is 7.37. The lowest BCUT2D eigenvalue weighted by molar-refractivity contribution is 0.747. The average Bonchev–Trinajstić information content (AvgIpc) is 2.03. The normalized spacial score (nSPS) is 11.7. The summed E-state index contributed by atoms with van der Waals surface area (Å²) in [5.74, 6) is 0.850. The summed E-state index contributed by atoms with van der Waals surface area (Å²) >= 11 is 0. The maximum Gasteiger partial charge on any atom is -0.0100 e. The fraction of sp³-hybridized carbons (Fsp3) is 0.500. The zero-order valence-corrected chi connectivity index (χ0v) is 9.80. The van der Waals surface area contributed by atoms with Gasteiger partial charge < -0.3 is 0 Å². The van der Waals surface area contributed by atoms with Gasteiger partial charge in [0.05, 0.1) is 0 Å². The highest BCUT2D eigenvalue weighted by Crippen LogP contribution is 2.21. The van der Waals surface area contributed by atoms with Gasteiger partial charge in [-0.3, -0.25) is 0 Å². The molecule has 13 heavy (non-hydrogen) atoms. The Balaban J connectivity index is 2.37. The Labute approximate surface area is 83.5 Å². The molecule has 0 aromatic heterocycles. The molecular formula is C12H19P. The fourth-order valence-electron chi connectivity index (χ4n) is 1.33. The van der Waals surface area contributed by atoms with Crippen LogP contribution in [0, 0.1) is 12.8 Å². The van der Waals surface area contributed by atoms with E-state index in [1.807, 2.05) is 0 Å². The first-order chi connectivity index (χ1) is 6.18. The summed E-state index contributed by atoms with van der Waals surface area (Å²) in [6.45, 7) is 6.75. The number of rotatable bonds is 4. The maximum absolute atomic E-state index is 2.30. The van der Waals surface area contributed by atoms with Gasteiger partial charge in [0, 0.05) is 0 Å². The van der Waals surface area contributed by atoms with E-state index in [9.17, 15) is 0 Å². The van der Waals surface area contributed by atoms with Crippen LogP contribution in [0.1, 0.15) is 25.0 Å². The molecule has 0 aliphatic rings. The summed E-state index contributed by atoms with van der Waals surface area (Å²) in [6, 6.07) is 8.85. The second-order valence-electron chi connectivity index (χ2n) is 4.01. The molecule has 1 aromatic carbocycles. The molecule has 0 spiro atoms. The van der Waals surface area contributed by atoms with E-state index >= 15 is 0 Å². The Morgan fingerprint density at radius 2 is 2.08 bits per heavy atom. The van der Waals surface area contributed by atoms with Gasteiger partial charge >= 0.3 is 0 Å². The van der Waals surface area contributed by atoms with Gasteiger partial charge in [-0.25, -0.2) is 0 Å². The molecule has 1 unspecified atom stereocenters. The van der Waals surface area contributed by atoms with E-state index in [2.05, 4.69) is 45.0 Å². The quantitative estimate of drug-likeness (QED) is 0.639. The third-order valence-electron chi connectivity index (χ3n) is 1.96. The maximum atomic E-state index is 2.30. The van der Waals surface area contributed by atoms with E-state index < -0.39 is 0 Å². The van der Waals surface area contributed by atoms with Crippen LogP contribution in [0.15, 0.2) is 24.3 Å². The predicted molar refractivity (Wildman–Crippen MR) is 62.9 cm³/mol. The van der Waals surface area contributed by atoms with Crippen molar-refractivity contribution in [2.75, 3.05) is 6.16 Å². The van der Waals surface area contributed by atoms with Crippen molar-refractivity contribution >= 4 is 8.58 Å². The Morgan fingerprint density at radius 1 is 1.31 bits per heavy atom. The molecule has 0 aliphatic carbocycles. The monoisotopic (exact) mass is 194 g/mol. The van der Waals surface area contributed by atoms with Gasteiger partial charge in [0.2, 0.25) is 0 Å². The van der Waals surface area contributed by atoms with E-state index in [-0.39, 0.29) is 0 Å². The number of hydrogen-bond donors (Lipinski definition) is 0. The van der Waals surface area contributed by atoms with E-state index in [0.717, 1.165) is 14.5 Å². The largest absolute Gasteiger partial charge is 0.117 e. The summed E-state index contributed by atoms with van der Waals surface area (Å²) in [5, 5.41) is 0. The highest BCUT2D eigenvalue weighted by Gasteiger charge is 1.95. The molecule has 1 heteroatoms. The van der Waals surface area contributed by atoms with Crippen molar-refractivity contribution in [3.8, 4) is 0 Å². The van der Waals surface area contributed by atoms with Crippen LogP contribution in [0.5, 0.6) is 0 Å². The SMILES string of the molecule is Cc1cccc(CPCC(C)C)c1. The number of aryl methyl sites for hydroxylation is 1. The molecule has 0 aliphatic heterocycles. The third-order valence-corrected chi connectivity index (χ3v) is 3.73. The molecule has 1 atom stereocenters. The fourth-order valence-corrected chi connectivity index (χ4v) is 2.56. The first-order valence-corrected chi connectivity index (χ1v) is 6.36. The molecule has 0 N–H and O–H groups in total. The lowest BCUT2D eigenvalue weighted by Crippen LogP contribution is -1.89. The molecule has 1 rings (SSSR count). The van der Waals surface area contributed by atoms with Gasteiger partial charge in [0.1, 0.15) is 0 Å². The lowest BCUT2D eigenvalue weighted by atomic mass is 10.2. The van der Waals surface area contributed by atoms with Crippen molar-refractivity contribution in [1.82, 2.24) is 0 Å². The Morgan fingerprint density at radius 3 is 2.69 bits per heavy atom. The molecule has 72 valence electrons. The lowest BCUT2D eigenvalue weighted by Gasteiger charge is -2.05. The van der Waals surface area contributed by atoms with Crippen molar-refractivity contribution in [2.45, 2.75) is 26.9 Å². The molecule has 0 bridgehead atoms. The van der Waals surface area contributed by atoms with Gasteiger partial charge in [-0.2, -0.15) is 0 Å². The van der Waals surface area contributed by atoms with E-state index in [1.54, 1.807) is 0 Å². The first-order valence-electron chi connectivity index (χ1n) is 4.94. The molecule has 0 fully saturated rings. The Kier molecular flexibility index (Phi) is 4.45. The van der Waals surface area contributed by atoms with Crippen LogP contribution in [0.4, 0.5) is 0 Å². The van der Waals surface area contributed by atoms with Crippen LogP contribution in [-0.4, -0.2) is 6.16 Å². The van der Waals surface area contributed by atoms with Crippen LogP contribution in [0.2, 0.25) is 0 Å². The number of benzene rings is 1. The van der Waals surface area contributed by atoms with Gasteiger partial charge in [-0.05, 0) is 30.7 Å². The van der Waals surface area contributed by atoms with E-state index in [0.29, 0.717) is 0 Å². The molecule has 0 saturated heterocycles. The Bertz CT molecular complexity index is 253. The highest BCUT2D eigenvalue weighted by atomic mass is 31.1. The summed E-state index contributed by atoms with van der Waals surface area (Å²) < 4.78 is 0.